The molecule has 1 fully saturated rings. The molecular formula is C14H29N3O. The molecule has 1 heterocycles. The molecule has 0 aromatic heterocycles. The van der Waals surface area contributed by atoms with Gasteiger partial charge >= 0.3 is 0 Å². The minimum absolute atomic E-state index is 0.00680. The molecule has 0 aliphatic carbocycles. The van der Waals surface area contributed by atoms with E-state index in [4.69, 9.17) is 5.73 Å². The van der Waals surface area contributed by atoms with Crippen LogP contribution in [-0.2, 0) is 4.79 Å². The van der Waals surface area contributed by atoms with E-state index < -0.39 is 0 Å². The van der Waals surface area contributed by atoms with Crippen LogP contribution in [0.25, 0.3) is 0 Å². The number of hydrogen-bond acceptors (Lipinski definition) is 3. The van der Waals surface area contributed by atoms with Gasteiger partial charge in [-0.25, -0.2) is 0 Å². The molecule has 1 rings (SSSR count). The highest BCUT2D eigenvalue weighted by molar-refractivity contribution is 5.81. The van der Waals surface area contributed by atoms with Crippen LogP contribution in [-0.4, -0.2) is 42.5 Å². The van der Waals surface area contributed by atoms with E-state index in [1.165, 1.54) is 6.42 Å². The summed E-state index contributed by atoms with van der Waals surface area (Å²) in [6.45, 7) is 11.5. The Morgan fingerprint density at radius 3 is 2.61 bits per heavy atom. The molecule has 1 saturated heterocycles. The summed E-state index contributed by atoms with van der Waals surface area (Å²) in [7, 11) is 0. The Bertz CT molecular complexity index is 268. The largest absolute Gasteiger partial charge is 0.354 e. The number of hydrogen-bond donors (Lipinski definition) is 2. The van der Waals surface area contributed by atoms with Crippen LogP contribution in [0.5, 0.6) is 0 Å². The summed E-state index contributed by atoms with van der Waals surface area (Å²) in [5, 5.41) is 3.01. The number of carbonyl (C=O) groups excluding carboxylic acids is 1. The fourth-order valence-electron chi connectivity index (χ4n) is 2.37. The first kappa shape index (κ1) is 15.4. The second-order valence-electron chi connectivity index (χ2n) is 5.90. The van der Waals surface area contributed by atoms with E-state index in [-0.39, 0.29) is 17.9 Å². The van der Waals surface area contributed by atoms with E-state index in [1.807, 2.05) is 6.92 Å². The first-order valence-electron chi connectivity index (χ1n) is 7.23. The van der Waals surface area contributed by atoms with Crippen molar-refractivity contribution in [2.75, 3.05) is 19.6 Å². The second-order valence-corrected chi connectivity index (χ2v) is 5.90. The van der Waals surface area contributed by atoms with Gasteiger partial charge in [-0.05, 0) is 38.6 Å². The Morgan fingerprint density at radius 2 is 2.11 bits per heavy atom. The quantitative estimate of drug-likeness (QED) is 0.750. The van der Waals surface area contributed by atoms with Gasteiger partial charge < -0.3 is 16.0 Å². The van der Waals surface area contributed by atoms with Gasteiger partial charge in [-0.2, -0.15) is 0 Å². The molecule has 0 aromatic carbocycles. The van der Waals surface area contributed by atoms with Gasteiger partial charge in [0.15, 0.2) is 0 Å². The molecular weight excluding hydrogens is 226 g/mol. The Morgan fingerprint density at radius 1 is 1.44 bits per heavy atom. The van der Waals surface area contributed by atoms with Crippen LogP contribution >= 0.6 is 0 Å². The molecule has 0 spiro atoms. The zero-order valence-electron chi connectivity index (χ0n) is 12.3. The lowest BCUT2D eigenvalue weighted by Crippen LogP contribution is -2.46. The highest BCUT2D eigenvalue weighted by Gasteiger charge is 2.25. The third-order valence-corrected chi connectivity index (χ3v) is 4.17. The molecule has 4 nitrogen and oxygen atoms in total. The lowest BCUT2D eigenvalue weighted by Gasteiger charge is -2.21. The van der Waals surface area contributed by atoms with E-state index >= 15 is 0 Å². The predicted molar refractivity (Wildman–Crippen MR) is 75.3 cm³/mol. The maximum Gasteiger partial charge on any atom is 0.237 e. The molecule has 0 aromatic rings. The second kappa shape index (κ2) is 7.10. The van der Waals surface area contributed by atoms with Crippen LogP contribution in [0.1, 0.15) is 40.5 Å². The van der Waals surface area contributed by atoms with Gasteiger partial charge in [-0.1, -0.05) is 20.3 Å². The molecule has 4 heteroatoms. The zero-order chi connectivity index (χ0) is 13.7. The van der Waals surface area contributed by atoms with Crippen LogP contribution in [0.3, 0.4) is 0 Å². The van der Waals surface area contributed by atoms with Gasteiger partial charge in [-0.3, -0.25) is 4.79 Å². The highest BCUT2D eigenvalue weighted by atomic mass is 16.2. The van der Waals surface area contributed by atoms with Crippen LogP contribution < -0.4 is 11.1 Å². The summed E-state index contributed by atoms with van der Waals surface area (Å²) in [4.78, 5) is 14.3. The summed E-state index contributed by atoms with van der Waals surface area (Å²) < 4.78 is 0. The fraction of sp³-hybridized carbons (Fsp3) is 0.929. The molecule has 0 radical (unpaired) electrons. The number of rotatable bonds is 6. The zero-order valence-corrected chi connectivity index (χ0v) is 12.3. The normalized spacial score (nSPS) is 24.2. The number of carbonyl (C=O) groups is 1. The van der Waals surface area contributed by atoms with Gasteiger partial charge in [0.05, 0.1) is 6.04 Å². The van der Waals surface area contributed by atoms with Crippen molar-refractivity contribution in [3.05, 3.63) is 0 Å². The van der Waals surface area contributed by atoms with Crippen LogP contribution in [0, 0.1) is 11.8 Å². The summed E-state index contributed by atoms with van der Waals surface area (Å²) >= 11 is 0. The molecule has 1 aliphatic rings. The van der Waals surface area contributed by atoms with Crippen molar-refractivity contribution in [1.82, 2.24) is 10.2 Å². The third kappa shape index (κ3) is 4.25. The third-order valence-electron chi connectivity index (χ3n) is 4.17. The van der Waals surface area contributed by atoms with E-state index in [9.17, 15) is 4.79 Å². The molecule has 106 valence electrons. The van der Waals surface area contributed by atoms with Crippen molar-refractivity contribution in [3.63, 3.8) is 0 Å². The molecule has 0 saturated carbocycles. The molecule has 0 bridgehead atoms. The van der Waals surface area contributed by atoms with Crippen molar-refractivity contribution in [3.8, 4) is 0 Å². The van der Waals surface area contributed by atoms with Crippen molar-refractivity contribution in [1.29, 1.82) is 0 Å². The average Bonchev–Trinajstić information content (AvgIpc) is 2.82. The van der Waals surface area contributed by atoms with E-state index in [0.29, 0.717) is 12.0 Å². The van der Waals surface area contributed by atoms with Crippen LogP contribution in [0.2, 0.25) is 0 Å². The first-order valence-corrected chi connectivity index (χ1v) is 7.23. The molecule has 3 atom stereocenters. The fourth-order valence-corrected chi connectivity index (χ4v) is 2.37. The van der Waals surface area contributed by atoms with Gasteiger partial charge in [-0.15, -0.1) is 0 Å². The first-order chi connectivity index (χ1) is 8.45. The Labute approximate surface area is 111 Å². The smallest absolute Gasteiger partial charge is 0.237 e. The van der Waals surface area contributed by atoms with Crippen molar-refractivity contribution in [2.24, 2.45) is 17.6 Å². The summed E-state index contributed by atoms with van der Waals surface area (Å²) in [6, 6.07) is 0.241. The standard InChI is InChI=1S/C14H29N3O/c1-5-11(4)13(15)14(18)16-8-12-6-7-17(9-12)10(2)3/h10-13H,5-9,15H2,1-4H3,(H,16,18). The van der Waals surface area contributed by atoms with E-state index in [2.05, 4.69) is 31.0 Å². The Hall–Kier alpha value is -0.610. The Kier molecular flexibility index (Phi) is 6.09. The van der Waals surface area contributed by atoms with Crippen LogP contribution in [0.4, 0.5) is 0 Å². The minimum atomic E-state index is -0.363. The molecule has 18 heavy (non-hydrogen) atoms. The molecule has 1 aliphatic heterocycles. The lowest BCUT2D eigenvalue weighted by molar-refractivity contribution is -0.123. The SMILES string of the molecule is CCC(C)C(N)C(=O)NCC1CCN(C(C)C)C1. The molecule has 3 N–H and O–H groups in total. The highest BCUT2D eigenvalue weighted by Crippen LogP contribution is 2.17. The maximum absolute atomic E-state index is 11.9. The molecule has 1 amide bonds. The lowest BCUT2D eigenvalue weighted by atomic mass is 9.99. The van der Waals surface area contributed by atoms with E-state index in [0.717, 1.165) is 26.1 Å². The molecule has 3 unspecified atom stereocenters. The maximum atomic E-state index is 11.9. The number of nitrogens with zero attached hydrogens (tertiary/aromatic N) is 1. The average molecular weight is 255 g/mol. The van der Waals surface area contributed by atoms with Gasteiger partial charge in [0.2, 0.25) is 5.91 Å². The number of likely N-dealkylation sites (tertiary alicyclic amines) is 1. The van der Waals surface area contributed by atoms with Gasteiger partial charge in [0, 0.05) is 19.1 Å². The van der Waals surface area contributed by atoms with Crippen molar-refractivity contribution in [2.45, 2.75) is 52.6 Å². The minimum Gasteiger partial charge on any atom is -0.354 e. The summed E-state index contributed by atoms with van der Waals surface area (Å²) in [6.07, 6.45) is 2.12. The number of nitrogens with two attached hydrogens (primary N) is 1. The van der Waals surface area contributed by atoms with Gasteiger partial charge in [0.1, 0.15) is 0 Å². The van der Waals surface area contributed by atoms with Gasteiger partial charge in [0.25, 0.3) is 0 Å². The van der Waals surface area contributed by atoms with E-state index in [1.54, 1.807) is 0 Å². The summed E-state index contributed by atoms with van der Waals surface area (Å²) in [5.41, 5.74) is 5.91. The monoisotopic (exact) mass is 255 g/mol. The summed E-state index contributed by atoms with van der Waals surface area (Å²) in [5.74, 6) is 0.841. The van der Waals surface area contributed by atoms with Crippen molar-refractivity contribution < 1.29 is 4.79 Å². The predicted octanol–water partition coefficient (Wildman–Crippen LogP) is 1.21. The number of nitrogens with one attached hydrogen (secondary N) is 1. The van der Waals surface area contributed by atoms with Crippen molar-refractivity contribution >= 4 is 5.91 Å². The Balaban J connectivity index is 2.27. The topological polar surface area (TPSA) is 58.4 Å². The number of amides is 1. The van der Waals surface area contributed by atoms with Crippen LogP contribution in [0.15, 0.2) is 0 Å².